The van der Waals surface area contributed by atoms with Crippen molar-refractivity contribution < 1.29 is 4.79 Å². The molecular weight excluding hydrogens is 236 g/mol. The Bertz CT molecular complexity index is 474. The topological polar surface area (TPSA) is 41.1 Å². The van der Waals surface area contributed by atoms with Crippen molar-refractivity contribution in [2.75, 3.05) is 6.54 Å². The summed E-state index contributed by atoms with van der Waals surface area (Å²) >= 11 is 0. The molecule has 2 aliphatic rings. The summed E-state index contributed by atoms with van der Waals surface area (Å²) in [5.41, 5.74) is 4.43. The largest absolute Gasteiger partial charge is 0.355 e. The third-order valence-corrected chi connectivity index (χ3v) is 4.37. The maximum Gasteiger partial charge on any atom is 0.220 e. The van der Waals surface area contributed by atoms with Crippen LogP contribution in [-0.2, 0) is 17.6 Å². The van der Waals surface area contributed by atoms with Crippen LogP contribution < -0.4 is 10.6 Å². The monoisotopic (exact) mass is 258 g/mol. The maximum absolute atomic E-state index is 11.2. The van der Waals surface area contributed by atoms with Gasteiger partial charge < -0.3 is 10.6 Å². The van der Waals surface area contributed by atoms with E-state index in [4.69, 9.17) is 0 Å². The first-order valence-electron chi connectivity index (χ1n) is 7.37. The number of benzene rings is 1. The molecule has 0 radical (unpaired) electrons. The number of fused-ring (bicyclic) bond motifs is 1. The summed E-state index contributed by atoms with van der Waals surface area (Å²) in [6, 6.07) is 7.66. The molecule has 1 aromatic carbocycles. The number of piperidine rings is 1. The van der Waals surface area contributed by atoms with Gasteiger partial charge in [0.2, 0.25) is 5.91 Å². The fraction of sp³-hybridized carbons (Fsp3) is 0.562. The Morgan fingerprint density at radius 1 is 1.26 bits per heavy atom. The second kappa shape index (κ2) is 5.33. The zero-order valence-electron chi connectivity index (χ0n) is 11.5. The van der Waals surface area contributed by atoms with Gasteiger partial charge in [-0.05, 0) is 49.3 Å². The summed E-state index contributed by atoms with van der Waals surface area (Å²) in [7, 11) is 0. The molecule has 3 nitrogen and oxygen atoms in total. The van der Waals surface area contributed by atoms with E-state index < -0.39 is 0 Å². The molecule has 1 aromatic rings. The maximum atomic E-state index is 11.2. The Morgan fingerprint density at radius 2 is 2.11 bits per heavy atom. The SMILES string of the molecule is CC(NC1CCC(=O)NC1)c1ccc2c(c1)CCC2. The van der Waals surface area contributed by atoms with Crippen LogP contribution >= 0.6 is 0 Å². The minimum atomic E-state index is 0.184. The fourth-order valence-electron chi connectivity index (χ4n) is 3.19. The van der Waals surface area contributed by atoms with E-state index in [1.807, 2.05) is 0 Å². The Morgan fingerprint density at radius 3 is 2.89 bits per heavy atom. The number of carbonyl (C=O) groups is 1. The van der Waals surface area contributed by atoms with E-state index in [1.165, 1.54) is 36.0 Å². The highest BCUT2D eigenvalue weighted by Crippen LogP contribution is 2.25. The first-order chi connectivity index (χ1) is 9.22. The van der Waals surface area contributed by atoms with Crippen LogP contribution in [0.25, 0.3) is 0 Å². The van der Waals surface area contributed by atoms with Crippen LogP contribution in [0.4, 0.5) is 0 Å². The van der Waals surface area contributed by atoms with Gasteiger partial charge in [0, 0.05) is 25.0 Å². The Balaban J connectivity index is 1.63. The number of carbonyl (C=O) groups excluding carboxylic acids is 1. The van der Waals surface area contributed by atoms with Gasteiger partial charge in [0.15, 0.2) is 0 Å². The summed E-state index contributed by atoms with van der Waals surface area (Å²) in [5.74, 6) is 0.184. The Hall–Kier alpha value is -1.35. The lowest BCUT2D eigenvalue weighted by Gasteiger charge is -2.27. The molecule has 1 amide bonds. The number of amides is 1. The first-order valence-corrected chi connectivity index (χ1v) is 7.37. The lowest BCUT2D eigenvalue weighted by molar-refractivity contribution is -0.122. The summed E-state index contributed by atoms with van der Waals surface area (Å²) in [4.78, 5) is 11.2. The fourth-order valence-corrected chi connectivity index (χ4v) is 3.19. The lowest BCUT2D eigenvalue weighted by atomic mass is 10.00. The van der Waals surface area contributed by atoms with Crippen LogP contribution in [0.5, 0.6) is 0 Å². The highest BCUT2D eigenvalue weighted by atomic mass is 16.1. The van der Waals surface area contributed by atoms with Crippen molar-refractivity contribution in [3.63, 3.8) is 0 Å². The van der Waals surface area contributed by atoms with E-state index in [0.29, 0.717) is 18.5 Å². The van der Waals surface area contributed by atoms with Gasteiger partial charge in [-0.15, -0.1) is 0 Å². The average molecular weight is 258 g/mol. The summed E-state index contributed by atoms with van der Waals surface area (Å²) in [6.45, 7) is 2.97. The van der Waals surface area contributed by atoms with Crippen molar-refractivity contribution in [3.8, 4) is 0 Å². The molecule has 2 atom stereocenters. The molecule has 1 aliphatic carbocycles. The number of hydrogen-bond acceptors (Lipinski definition) is 2. The van der Waals surface area contributed by atoms with Gasteiger partial charge >= 0.3 is 0 Å². The highest BCUT2D eigenvalue weighted by molar-refractivity contribution is 5.76. The van der Waals surface area contributed by atoms with Gasteiger partial charge in [0.25, 0.3) is 0 Å². The smallest absolute Gasteiger partial charge is 0.220 e. The Kier molecular flexibility index (Phi) is 3.56. The highest BCUT2D eigenvalue weighted by Gasteiger charge is 2.20. The quantitative estimate of drug-likeness (QED) is 0.872. The van der Waals surface area contributed by atoms with E-state index in [1.54, 1.807) is 0 Å². The van der Waals surface area contributed by atoms with Crippen molar-refractivity contribution in [3.05, 3.63) is 34.9 Å². The molecule has 2 unspecified atom stereocenters. The van der Waals surface area contributed by atoms with E-state index in [2.05, 4.69) is 35.8 Å². The number of aryl methyl sites for hydroxylation is 2. The van der Waals surface area contributed by atoms with Crippen molar-refractivity contribution in [2.24, 2.45) is 0 Å². The van der Waals surface area contributed by atoms with Crippen molar-refractivity contribution in [1.29, 1.82) is 0 Å². The second-order valence-corrected chi connectivity index (χ2v) is 5.81. The predicted octanol–water partition coefficient (Wildman–Crippen LogP) is 2.10. The predicted molar refractivity (Wildman–Crippen MR) is 76.0 cm³/mol. The zero-order chi connectivity index (χ0) is 13.2. The standard InChI is InChI=1S/C16H22N2O/c1-11(18-15-7-8-16(19)17-10-15)13-6-5-12-3-2-4-14(12)9-13/h5-6,9,11,15,18H,2-4,7-8,10H2,1H3,(H,17,19). The molecule has 102 valence electrons. The van der Waals surface area contributed by atoms with Crippen molar-refractivity contribution in [2.45, 2.75) is 51.1 Å². The number of rotatable bonds is 3. The van der Waals surface area contributed by atoms with Crippen LogP contribution in [0.15, 0.2) is 18.2 Å². The first kappa shape index (κ1) is 12.7. The van der Waals surface area contributed by atoms with Crippen LogP contribution in [0, 0.1) is 0 Å². The molecule has 0 bridgehead atoms. The van der Waals surface area contributed by atoms with Gasteiger partial charge in [-0.3, -0.25) is 4.79 Å². The minimum absolute atomic E-state index is 0.184. The van der Waals surface area contributed by atoms with E-state index in [-0.39, 0.29) is 5.91 Å². The van der Waals surface area contributed by atoms with E-state index >= 15 is 0 Å². The summed E-state index contributed by atoms with van der Waals surface area (Å²) in [5, 5.41) is 6.56. The lowest BCUT2D eigenvalue weighted by Crippen LogP contribution is -2.46. The normalized spacial score (nSPS) is 23.8. The molecular formula is C16H22N2O. The number of hydrogen-bond donors (Lipinski definition) is 2. The van der Waals surface area contributed by atoms with Gasteiger partial charge in [-0.2, -0.15) is 0 Å². The van der Waals surface area contributed by atoms with Crippen molar-refractivity contribution in [1.82, 2.24) is 10.6 Å². The molecule has 0 aromatic heterocycles. The second-order valence-electron chi connectivity index (χ2n) is 5.81. The average Bonchev–Trinajstić information content (AvgIpc) is 2.88. The molecule has 19 heavy (non-hydrogen) atoms. The molecule has 0 saturated carbocycles. The third-order valence-electron chi connectivity index (χ3n) is 4.37. The molecule has 3 heteroatoms. The molecule has 1 heterocycles. The Labute approximate surface area is 114 Å². The van der Waals surface area contributed by atoms with Gasteiger partial charge in [-0.1, -0.05) is 18.2 Å². The van der Waals surface area contributed by atoms with E-state index in [0.717, 1.165) is 13.0 Å². The summed E-state index contributed by atoms with van der Waals surface area (Å²) in [6.07, 6.45) is 5.37. The van der Waals surface area contributed by atoms with E-state index in [9.17, 15) is 4.79 Å². The summed E-state index contributed by atoms with van der Waals surface area (Å²) < 4.78 is 0. The minimum Gasteiger partial charge on any atom is -0.355 e. The zero-order valence-corrected chi connectivity index (χ0v) is 11.5. The van der Waals surface area contributed by atoms with Crippen LogP contribution in [-0.4, -0.2) is 18.5 Å². The third kappa shape index (κ3) is 2.81. The molecule has 3 rings (SSSR count). The van der Waals surface area contributed by atoms with Crippen LogP contribution in [0.3, 0.4) is 0 Å². The molecule has 1 aliphatic heterocycles. The van der Waals surface area contributed by atoms with Crippen molar-refractivity contribution >= 4 is 5.91 Å². The number of nitrogens with one attached hydrogen (secondary N) is 2. The molecule has 2 N–H and O–H groups in total. The van der Waals surface area contributed by atoms with Gasteiger partial charge in [0.1, 0.15) is 0 Å². The molecule has 1 saturated heterocycles. The molecule has 1 fully saturated rings. The van der Waals surface area contributed by atoms with Gasteiger partial charge in [0.05, 0.1) is 0 Å². The van der Waals surface area contributed by atoms with Crippen LogP contribution in [0.2, 0.25) is 0 Å². The van der Waals surface area contributed by atoms with Gasteiger partial charge in [-0.25, -0.2) is 0 Å². The molecule has 0 spiro atoms. The van der Waals surface area contributed by atoms with Crippen LogP contribution in [0.1, 0.15) is 48.9 Å².